The van der Waals surface area contributed by atoms with Gasteiger partial charge in [0.05, 0.1) is 0 Å². The highest BCUT2D eigenvalue weighted by Crippen LogP contribution is 2.41. The molecule has 3 aromatic rings. The number of anilines is 1. The first-order valence-electron chi connectivity index (χ1n) is 9.33. The number of carbonyl (C=O) groups excluding carboxylic acids is 1. The molecule has 6 nitrogen and oxygen atoms in total. The maximum Gasteiger partial charge on any atom is 0.242 e. The number of hydrogen-bond acceptors (Lipinski definition) is 5. The Bertz CT molecular complexity index is 997. The Morgan fingerprint density at radius 3 is 2.64 bits per heavy atom. The molecule has 0 radical (unpaired) electrons. The van der Waals surface area contributed by atoms with Crippen molar-refractivity contribution in [1.82, 2.24) is 14.9 Å². The van der Waals surface area contributed by atoms with Gasteiger partial charge in [-0.15, -0.1) is 10.2 Å². The zero-order valence-corrected chi connectivity index (χ0v) is 16.7. The number of rotatable bonds is 6. The van der Waals surface area contributed by atoms with Gasteiger partial charge in [0.2, 0.25) is 11.1 Å². The van der Waals surface area contributed by atoms with E-state index in [1.807, 2.05) is 62.4 Å². The summed E-state index contributed by atoms with van der Waals surface area (Å²) in [5.74, 6) is 7.29. The number of thioether (sulfide) groups is 1. The van der Waals surface area contributed by atoms with Gasteiger partial charge in [0.1, 0.15) is 5.25 Å². The average Bonchev–Trinajstić information content (AvgIpc) is 3.47. The van der Waals surface area contributed by atoms with Crippen molar-refractivity contribution >= 4 is 23.4 Å². The van der Waals surface area contributed by atoms with Crippen molar-refractivity contribution in [2.45, 2.75) is 43.0 Å². The average molecular weight is 394 g/mol. The smallest absolute Gasteiger partial charge is 0.242 e. The molecule has 1 aliphatic carbocycles. The molecule has 144 valence electrons. The molecule has 7 heteroatoms. The minimum atomic E-state index is -0.486. The second kappa shape index (κ2) is 7.67. The summed E-state index contributed by atoms with van der Waals surface area (Å²) in [4.78, 5) is 13.2. The molecular formula is C21H23N5OS. The van der Waals surface area contributed by atoms with Gasteiger partial charge in [0, 0.05) is 11.6 Å². The molecule has 0 bridgehead atoms. The highest BCUT2D eigenvalue weighted by atomic mass is 32.2. The molecule has 4 rings (SSSR count). The van der Waals surface area contributed by atoms with E-state index in [-0.39, 0.29) is 5.91 Å². The fourth-order valence-electron chi connectivity index (χ4n) is 3.06. The molecule has 3 N–H and O–H groups in total. The Labute approximate surface area is 168 Å². The summed E-state index contributed by atoms with van der Waals surface area (Å²) in [6.45, 7) is 3.99. The number of nitrogens with two attached hydrogens (primary N) is 1. The van der Waals surface area contributed by atoms with E-state index in [0.717, 1.165) is 41.0 Å². The van der Waals surface area contributed by atoms with Crippen LogP contribution < -0.4 is 11.2 Å². The first-order chi connectivity index (χ1) is 13.5. The Hall–Kier alpha value is -2.80. The lowest BCUT2D eigenvalue weighted by Crippen LogP contribution is -2.21. The van der Waals surface area contributed by atoms with E-state index in [4.69, 9.17) is 5.84 Å². The van der Waals surface area contributed by atoms with Crippen molar-refractivity contribution in [1.29, 1.82) is 0 Å². The maximum atomic E-state index is 13.2. The van der Waals surface area contributed by atoms with Gasteiger partial charge in [-0.3, -0.25) is 4.79 Å². The van der Waals surface area contributed by atoms with Crippen LogP contribution in [0.15, 0.2) is 53.7 Å². The van der Waals surface area contributed by atoms with Crippen LogP contribution in [0.25, 0.3) is 0 Å². The summed E-state index contributed by atoms with van der Waals surface area (Å²) in [7, 11) is 0. The third kappa shape index (κ3) is 3.89. The fourth-order valence-corrected chi connectivity index (χ4v) is 4.03. The maximum absolute atomic E-state index is 13.2. The zero-order valence-electron chi connectivity index (χ0n) is 15.9. The highest BCUT2D eigenvalue weighted by Gasteiger charge is 2.32. The Morgan fingerprint density at radius 1 is 1.18 bits per heavy atom. The summed E-state index contributed by atoms with van der Waals surface area (Å²) < 4.78 is 1.53. The fraction of sp³-hybridized carbons (Fsp3) is 0.286. The van der Waals surface area contributed by atoms with E-state index in [0.29, 0.717) is 11.1 Å². The summed E-state index contributed by atoms with van der Waals surface area (Å²) >= 11 is 1.32. The molecule has 0 aliphatic heterocycles. The highest BCUT2D eigenvalue weighted by molar-refractivity contribution is 8.00. The lowest BCUT2D eigenvalue weighted by molar-refractivity contribution is -0.115. The number of benzene rings is 2. The van der Waals surface area contributed by atoms with Crippen LogP contribution >= 0.6 is 11.8 Å². The van der Waals surface area contributed by atoms with Gasteiger partial charge >= 0.3 is 0 Å². The van der Waals surface area contributed by atoms with Crippen LogP contribution in [-0.4, -0.2) is 20.8 Å². The molecule has 1 heterocycles. The van der Waals surface area contributed by atoms with E-state index in [1.165, 1.54) is 16.4 Å². The third-order valence-corrected chi connectivity index (χ3v) is 6.06. The molecule has 1 amide bonds. The SMILES string of the molecule is Cc1ccc(C)c(NC(=O)[C@H](Sc2nnc(C3CC3)n2N)c2ccccc2)c1. The summed E-state index contributed by atoms with van der Waals surface area (Å²) in [6.07, 6.45) is 2.18. The second-order valence-corrected chi connectivity index (χ2v) is 8.27. The van der Waals surface area contributed by atoms with E-state index < -0.39 is 5.25 Å². The number of carbonyl (C=O) groups is 1. The van der Waals surface area contributed by atoms with Gasteiger partial charge in [0.25, 0.3) is 0 Å². The van der Waals surface area contributed by atoms with Gasteiger partial charge in [-0.05, 0) is 49.4 Å². The van der Waals surface area contributed by atoms with Crippen LogP contribution in [-0.2, 0) is 4.79 Å². The molecule has 0 unspecified atom stereocenters. The third-order valence-electron chi connectivity index (χ3n) is 4.85. The van der Waals surface area contributed by atoms with Crippen LogP contribution in [0.2, 0.25) is 0 Å². The predicted octanol–water partition coefficient (Wildman–Crippen LogP) is 3.96. The number of aromatic nitrogens is 3. The molecule has 0 spiro atoms. The Morgan fingerprint density at radius 2 is 1.93 bits per heavy atom. The van der Waals surface area contributed by atoms with E-state index in [1.54, 1.807) is 0 Å². The Kier molecular flexibility index (Phi) is 5.09. The number of nitrogen functional groups attached to an aromatic ring is 1. The quantitative estimate of drug-likeness (QED) is 0.489. The molecule has 0 saturated heterocycles. The molecule has 1 aliphatic rings. The van der Waals surface area contributed by atoms with Crippen LogP contribution in [0.3, 0.4) is 0 Å². The molecule has 1 saturated carbocycles. The van der Waals surface area contributed by atoms with Crippen LogP contribution in [0.1, 0.15) is 46.5 Å². The van der Waals surface area contributed by atoms with Gasteiger partial charge in [-0.25, -0.2) is 4.68 Å². The zero-order chi connectivity index (χ0) is 19.7. The number of hydrogen-bond donors (Lipinski definition) is 2. The van der Waals surface area contributed by atoms with Gasteiger partial charge in [-0.2, -0.15) is 0 Å². The molecule has 1 atom stereocenters. The Balaban J connectivity index is 1.62. The molecule has 2 aromatic carbocycles. The number of nitrogens with zero attached hydrogens (tertiary/aromatic N) is 3. The van der Waals surface area contributed by atoms with Crippen molar-refractivity contribution in [3.63, 3.8) is 0 Å². The van der Waals surface area contributed by atoms with Crippen molar-refractivity contribution in [2.24, 2.45) is 0 Å². The summed E-state index contributed by atoms with van der Waals surface area (Å²) in [6, 6.07) is 15.7. The minimum Gasteiger partial charge on any atom is -0.336 e. The molecule has 1 fully saturated rings. The lowest BCUT2D eigenvalue weighted by Gasteiger charge is -2.17. The van der Waals surface area contributed by atoms with Gasteiger partial charge in [0.15, 0.2) is 5.82 Å². The van der Waals surface area contributed by atoms with Crippen molar-refractivity contribution in [3.8, 4) is 0 Å². The summed E-state index contributed by atoms with van der Waals surface area (Å²) in [5.41, 5.74) is 3.83. The van der Waals surface area contributed by atoms with Crippen molar-refractivity contribution < 1.29 is 4.79 Å². The molecule has 1 aromatic heterocycles. The normalized spacial score (nSPS) is 14.6. The molecule has 28 heavy (non-hydrogen) atoms. The first-order valence-corrected chi connectivity index (χ1v) is 10.2. The van der Waals surface area contributed by atoms with Crippen molar-refractivity contribution in [2.75, 3.05) is 11.2 Å². The van der Waals surface area contributed by atoms with Gasteiger partial charge < -0.3 is 11.2 Å². The van der Waals surface area contributed by atoms with E-state index in [2.05, 4.69) is 15.5 Å². The minimum absolute atomic E-state index is 0.110. The number of nitrogens with one attached hydrogen (secondary N) is 1. The van der Waals surface area contributed by atoms with Crippen LogP contribution in [0.5, 0.6) is 0 Å². The first kappa shape index (κ1) is 18.6. The van der Waals surface area contributed by atoms with Gasteiger partial charge in [-0.1, -0.05) is 54.2 Å². The van der Waals surface area contributed by atoms with Crippen LogP contribution in [0, 0.1) is 13.8 Å². The van der Waals surface area contributed by atoms with E-state index in [9.17, 15) is 4.79 Å². The standard InChI is InChI=1S/C21H23N5OS/c1-13-8-9-14(2)17(12-13)23-20(27)18(15-6-4-3-5-7-15)28-21-25-24-19(26(21)22)16-10-11-16/h3-9,12,16,18H,10-11,22H2,1-2H3,(H,23,27)/t18-/m1/s1. The topological polar surface area (TPSA) is 85.8 Å². The van der Waals surface area contributed by atoms with E-state index >= 15 is 0 Å². The molecular weight excluding hydrogens is 370 g/mol. The monoisotopic (exact) mass is 393 g/mol. The second-order valence-electron chi connectivity index (χ2n) is 7.20. The predicted molar refractivity (Wildman–Crippen MR) is 112 cm³/mol. The largest absolute Gasteiger partial charge is 0.336 e. The van der Waals surface area contributed by atoms with Crippen LogP contribution in [0.4, 0.5) is 5.69 Å². The number of amides is 1. The van der Waals surface area contributed by atoms with Crippen molar-refractivity contribution in [3.05, 3.63) is 71.0 Å². The summed E-state index contributed by atoms with van der Waals surface area (Å²) in [5, 5.41) is 11.6. The lowest BCUT2D eigenvalue weighted by atomic mass is 10.1. The number of aryl methyl sites for hydroxylation is 2.